The molecule has 2 rings (SSSR count). The summed E-state index contributed by atoms with van der Waals surface area (Å²) >= 11 is 6.36. The average Bonchev–Trinajstić information content (AvgIpc) is 2.64. The SMILES string of the molecule is CC#C[C@@]1(Cl)C(O)[C@@H]([C@@H](C)O)O[C@H]1n1ccc(=O)[nH]c1=O. The maximum atomic E-state index is 11.9. The van der Waals surface area contributed by atoms with Crippen molar-refractivity contribution in [3.63, 3.8) is 0 Å². The molecule has 1 unspecified atom stereocenters. The standard InChI is InChI=1S/C13H15ClN2O5/c1-3-5-13(14)10(19)9(7(2)17)21-11(13)16-6-4-8(18)15-12(16)20/h4,6-7,9-11,17,19H,1-2H3,(H,15,18,20)/t7-,9-,10?,11-,13-/m1/s1. The summed E-state index contributed by atoms with van der Waals surface area (Å²) in [5.41, 5.74) is -1.31. The summed E-state index contributed by atoms with van der Waals surface area (Å²) in [6.07, 6.45) is -3.27. The highest BCUT2D eigenvalue weighted by Gasteiger charge is 2.57. The highest BCUT2D eigenvalue weighted by Crippen LogP contribution is 2.43. The van der Waals surface area contributed by atoms with E-state index >= 15 is 0 Å². The van der Waals surface area contributed by atoms with Crippen molar-refractivity contribution in [2.45, 2.75) is 43.3 Å². The minimum atomic E-state index is -1.61. The third-order valence-corrected chi connectivity index (χ3v) is 3.79. The topological polar surface area (TPSA) is 105 Å². The number of aromatic nitrogens is 2. The fraction of sp³-hybridized carbons (Fsp3) is 0.538. The molecule has 0 spiro atoms. The molecule has 1 aliphatic heterocycles. The molecular formula is C13H15ClN2O5. The summed E-state index contributed by atoms with van der Waals surface area (Å²) in [5.74, 6) is 5.20. The van der Waals surface area contributed by atoms with Crippen LogP contribution in [0.2, 0.25) is 0 Å². The molecular weight excluding hydrogens is 300 g/mol. The lowest BCUT2D eigenvalue weighted by Gasteiger charge is -2.25. The molecule has 1 aromatic rings. The van der Waals surface area contributed by atoms with E-state index in [1.165, 1.54) is 20.0 Å². The van der Waals surface area contributed by atoms with Gasteiger partial charge >= 0.3 is 5.69 Å². The Morgan fingerprint density at radius 2 is 2.24 bits per heavy atom. The van der Waals surface area contributed by atoms with Crippen LogP contribution in [0.1, 0.15) is 20.1 Å². The van der Waals surface area contributed by atoms with Gasteiger partial charge in [-0.05, 0) is 13.8 Å². The quantitative estimate of drug-likeness (QED) is 0.488. The fourth-order valence-corrected chi connectivity index (χ4v) is 2.67. The van der Waals surface area contributed by atoms with Crippen LogP contribution in [-0.2, 0) is 4.74 Å². The van der Waals surface area contributed by atoms with E-state index in [0.717, 1.165) is 10.6 Å². The average molecular weight is 315 g/mol. The maximum Gasteiger partial charge on any atom is 0.330 e. The van der Waals surface area contributed by atoms with Crippen molar-refractivity contribution in [3.05, 3.63) is 33.1 Å². The summed E-state index contributed by atoms with van der Waals surface area (Å²) in [4.78, 5) is 23.5. The number of aliphatic hydroxyl groups is 2. The van der Waals surface area contributed by atoms with Crippen molar-refractivity contribution in [1.82, 2.24) is 9.55 Å². The Balaban J connectivity index is 2.56. The van der Waals surface area contributed by atoms with Crippen LogP contribution in [0, 0.1) is 11.8 Å². The van der Waals surface area contributed by atoms with Crippen LogP contribution >= 0.6 is 11.6 Å². The first-order chi connectivity index (χ1) is 9.81. The molecule has 0 saturated carbocycles. The number of nitrogens with one attached hydrogen (secondary N) is 1. The molecule has 1 fully saturated rings. The number of hydrogen-bond acceptors (Lipinski definition) is 5. The summed E-state index contributed by atoms with van der Waals surface area (Å²) in [6, 6.07) is 1.13. The highest BCUT2D eigenvalue weighted by molar-refractivity contribution is 6.27. The van der Waals surface area contributed by atoms with E-state index in [4.69, 9.17) is 16.3 Å². The number of ether oxygens (including phenoxy) is 1. The number of alkyl halides is 1. The number of aromatic amines is 1. The van der Waals surface area contributed by atoms with Crippen molar-refractivity contribution < 1.29 is 14.9 Å². The van der Waals surface area contributed by atoms with Crippen LogP contribution in [0.5, 0.6) is 0 Å². The number of nitrogens with zero attached hydrogens (tertiary/aromatic N) is 1. The zero-order valence-electron chi connectivity index (χ0n) is 11.4. The van der Waals surface area contributed by atoms with Gasteiger partial charge in [-0.3, -0.25) is 14.3 Å². The second kappa shape index (κ2) is 5.66. The molecule has 5 atom stereocenters. The van der Waals surface area contributed by atoms with Gasteiger partial charge < -0.3 is 14.9 Å². The van der Waals surface area contributed by atoms with Crippen molar-refractivity contribution in [1.29, 1.82) is 0 Å². The highest BCUT2D eigenvalue weighted by atomic mass is 35.5. The second-order valence-electron chi connectivity index (χ2n) is 4.80. The Labute approximate surface area is 125 Å². The van der Waals surface area contributed by atoms with E-state index in [1.54, 1.807) is 0 Å². The Kier molecular flexibility index (Phi) is 4.25. The predicted octanol–water partition coefficient (Wildman–Crippen LogP) is -0.823. The molecule has 7 nitrogen and oxygen atoms in total. The van der Waals surface area contributed by atoms with Crippen LogP contribution in [0.15, 0.2) is 21.9 Å². The molecule has 1 aromatic heterocycles. The lowest BCUT2D eigenvalue weighted by molar-refractivity contribution is -0.0773. The van der Waals surface area contributed by atoms with Crippen molar-refractivity contribution in [3.8, 4) is 11.8 Å². The van der Waals surface area contributed by atoms with E-state index in [0.29, 0.717) is 0 Å². The van der Waals surface area contributed by atoms with Crippen LogP contribution in [0.25, 0.3) is 0 Å². The first-order valence-electron chi connectivity index (χ1n) is 6.27. The molecule has 0 amide bonds. The van der Waals surface area contributed by atoms with Gasteiger partial charge in [0.2, 0.25) is 0 Å². The van der Waals surface area contributed by atoms with E-state index in [1.807, 2.05) is 0 Å². The van der Waals surface area contributed by atoms with Crippen molar-refractivity contribution in [2.24, 2.45) is 0 Å². The van der Waals surface area contributed by atoms with Gasteiger partial charge in [-0.25, -0.2) is 4.79 Å². The smallest absolute Gasteiger partial charge is 0.330 e. The molecule has 3 N–H and O–H groups in total. The van der Waals surface area contributed by atoms with Gasteiger partial charge in [-0.2, -0.15) is 0 Å². The van der Waals surface area contributed by atoms with Gasteiger partial charge in [0.25, 0.3) is 5.56 Å². The van der Waals surface area contributed by atoms with Crippen molar-refractivity contribution in [2.75, 3.05) is 0 Å². The van der Waals surface area contributed by atoms with E-state index in [9.17, 15) is 19.8 Å². The molecule has 0 aromatic carbocycles. The fourth-order valence-electron chi connectivity index (χ4n) is 2.29. The second-order valence-corrected chi connectivity index (χ2v) is 5.42. The van der Waals surface area contributed by atoms with Crippen LogP contribution < -0.4 is 11.2 Å². The third kappa shape index (κ3) is 2.63. The Morgan fingerprint density at radius 1 is 1.57 bits per heavy atom. The molecule has 0 aliphatic carbocycles. The van der Waals surface area contributed by atoms with E-state index < -0.39 is 40.7 Å². The maximum absolute atomic E-state index is 11.9. The molecule has 2 heterocycles. The van der Waals surface area contributed by atoms with Gasteiger partial charge in [0.15, 0.2) is 11.1 Å². The molecule has 1 saturated heterocycles. The predicted molar refractivity (Wildman–Crippen MR) is 75.0 cm³/mol. The lowest BCUT2D eigenvalue weighted by atomic mass is 9.96. The first-order valence-corrected chi connectivity index (χ1v) is 6.65. The van der Waals surface area contributed by atoms with E-state index in [-0.39, 0.29) is 0 Å². The van der Waals surface area contributed by atoms with E-state index in [2.05, 4.69) is 16.8 Å². The van der Waals surface area contributed by atoms with Gasteiger partial charge in [0.1, 0.15) is 12.2 Å². The molecule has 1 aliphatic rings. The summed E-state index contributed by atoms with van der Waals surface area (Å²) in [5, 5.41) is 19.9. The minimum Gasteiger partial charge on any atom is -0.391 e. The first kappa shape index (κ1) is 15.8. The summed E-state index contributed by atoms with van der Waals surface area (Å²) < 4.78 is 6.55. The number of halogens is 1. The number of aliphatic hydroxyl groups excluding tert-OH is 2. The third-order valence-electron chi connectivity index (χ3n) is 3.28. The number of hydrogen-bond donors (Lipinski definition) is 3. The van der Waals surface area contributed by atoms with Crippen molar-refractivity contribution >= 4 is 11.6 Å². The summed E-state index contributed by atoms with van der Waals surface area (Å²) in [6.45, 7) is 2.96. The Morgan fingerprint density at radius 3 is 2.76 bits per heavy atom. The van der Waals surface area contributed by atoms with Gasteiger partial charge in [0.05, 0.1) is 6.10 Å². The number of rotatable bonds is 2. The Bertz CT molecular complexity index is 701. The Hall–Kier alpha value is -1.59. The summed E-state index contributed by atoms with van der Waals surface area (Å²) in [7, 11) is 0. The molecule has 114 valence electrons. The van der Waals surface area contributed by atoms with Crippen LogP contribution in [-0.4, -0.2) is 43.0 Å². The lowest BCUT2D eigenvalue weighted by Crippen LogP contribution is -2.45. The normalized spacial score (nSPS) is 33.3. The molecule has 0 bridgehead atoms. The largest absolute Gasteiger partial charge is 0.391 e. The molecule has 21 heavy (non-hydrogen) atoms. The van der Waals surface area contributed by atoms with Crippen LogP contribution in [0.4, 0.5) is 0 Å². The van der Waals surface area contributed by atoms with Gasteiger partial charge in [0, 0.05) is 12.3 Å². The number of H-pyrrole nitrogens is 1. The van der Waals surface area contributed by atoms with Gasteiger partial charge in [-0.15, -0.1) is 5.92 Å². The van der Waals surface area contributed by atoms with Gasteiger partial charge in [-0.1, -0.05) is 17.5 Å². The molecule has 0 radical (unpaired) electrons. The monoisotopic (exact) mass is 314 g/mol. The zero-order chi connectivity index (χ0) is 15.8. The minimum absolute atomic E-state index is 0.566. The zero-order valence-corrected chi connectivity index (χ0v) is 12.2. The van der Waals surface area contributed by atoms with Crippen LogP contribution in [0.3, 0.4) is 0 Å². The molecule has 8 heteroatoms.